The van der Waals surface area contributed by atoms with Crippen LogP contribution in [0.5, 0.6) is 0 Å². The number of aryl methyl sites for hydroxylation is 2. The van der Waals surface area contributed by atoms with Crippen molar-refractivity contribution in [2.75, 3.05) is 36.0 Å². The molecule has 0 aromatic carbocycles. The Morgan fingerprint density at radius 1 is 0.900 bits per heavy atom. The zero-order chi connectivity index (χ0) is 21.0. The minimum atomic E-state index is -0.0431. The minimum absolute atomic E-state index is 0.0431. The van der Waals surface area contributed by atoms with E-state index < -0.39 is 0 Å². The number of nitrogens with zero attached hydrogens (tertiary/aromatic N) is 8. The number of anilines is 2. The molecular weight excluding hydrogens is 376 g/mol. The van der Waals surface area contributed by atoms with Gasteiger partial charge in [-0.25, -0.2) is 15.0 Å². The van der Waals surface area contributed by atoms with Crippen molar-refractivity contribution in [3.05, 3.63) is 34.7 Å². The lowest BCUT2D eigenvalue weighted by molar-refractivity contribution is 0.538. The van der Waals surface area contributed by atoms with E-state index in [1.54, 1.807) is 6.33 Å². The van der Waals surface area contributed by atoms with Gasteiger partial charge < -0.3 is 9.80 Å². The van der Waals surface area contributed by atoms with Gasteiger partial charge in [0.2, 0.25) is 0 Å². The first-order valence-corrected chi connectivity index (χ1v) is 10.9. The second kappa shape index (κ2) is 6.89. The van der Waals surface area contributed by atoms with E-state index in [4.69, 9.17) is 9.97 Å². The number of piperazine rings is 1. The molecular formula is C22H30N8. The van der Waals surface area contributed by atoms with Crippen LogP contribution in [-0.2, 0) is 18.3 Å². The van der Waals surface area contributed by atoms with Crippen LogP contribution in [0.3, 0.4) is 0 Å². The van der Waals surface area contributed by atoms with Crippen molar-refractivity contribution < 1.29 is 0 Å². The number of aromatic nitrogens is 6. The van der Waals surface area contributed by atoms with Crippen molar-refractivity contribution in [2.24, 2.45) is 0 Å². The predicted molar refractivity (Wildman–Crippen MR) is 117 cm³/mol. The zero-order valence-corrected chi connectivity index (χ0v) is 18.6. The Hall–Kier alpha value is -2.77. The van der Waals surface area contributed by atoms with Crippen LogP contribution in [0.2, 0.25) is 0 Å². The van der Waals surface area contributed by atoms with Crippen LogP contribution in [0.4, 0.5) is 11.6 Å². The van der Waals surface area contributed by atoms with E-state index in [-0.39, 0.29) is 5.41 Å². The predicted octanol–water partition coefficient (Wildman–Crippen LogP) is 2.64. The Bertz CT molecular complexity index is 1100. The monoisotopic (exact) mass is 406 g/mol. The second-order valence-electron chi connectivity index (χ2n) is 9.49. The zero-order valence-electron chi connectivity index (χ0n) is 18.6. The highest BCUT2D eigenvalue weighted by molar-refractivity contribution is 5.57. The smallest absolute Gasteiger partial charge is 0.254 e. The third kappa shape index (κ3) is 3.09. The van der Waals surface area contributed by atoms with Crippen LogP contribution in [0.1, 0.15) is 55.5 Å². The Balaban J connectivity index is 1.45. The van der Waals surface area contributed by atoms with Gasteiger partial charge in [-0.15, -0.1) is 0 Å². The van der Waals surface area contributed by atoms with E-state index in [1.807, 2.05) is 11.4 Å². The number of hydrogen-bond donors (Lipinski definition) is 0. The maximum atomic E-state index is 5.07. The first-order valence-electron chi connectivity index (χ1n) is 10.9. The van der Waals surface area contributed by atoms with Crippen molar-refractivity contribution in [3.8, 4) is 0 Å². The van der Waals surface area contributed by atoms with Gasteiger partial charge in [-0.2, -0.15) is 14.6 Å². The van der Waals surface area contributed by atoms with Crippen LogP contribution >= 0.6 is 0 Å². The SMILES string of the molecule is Cc1nc2ncnn2c(N2CCN(c3nc(C(C)(C)C)nc4c3CCC4)CC2)c1C. The maximum Gasteiger partial charge on any atom is 0.254 e. The van der Waals surface area contributed by atoms with Crippen molar-refractivity contribution in [1.29, 1.82) is 0 Å². The van der Waals surface area contributed by atoms with Gasteiger partial charge in [0.05, 0.1) is 0 Å². The number of hydrogen-bond acceptors (Lipinski definition) is 7. The van der Waals surface area contributed by atoms with Crippen LogP contribution < -0.4 is 9.80 Å². The average molecular weight is 407 g/mol. The molecule has 3 aromatic rings. The van der Waals surface area contributed by atoms with Gasteiger partial charge in [0.15, 0.2) is 0 Å². The molecule has 158 valence electrons. The van der Waals surface area contributed by atoms with Gasteiger partial charge in [0, 0.05) is 54.1 Å². The molecule has 0 unspecified atom stereocenters. The van der Waals surface area contributed by atoms with Crippen LogP contribution in [0.15, 0.2) is 6.33 Å². The van der Waals surface area contributed by atoms with Crippen molar-refractivity contribution >= 4 is 17.4 Å². The summed E-state index contributed by atoms with van der Waals surface area (Å²) in [6, 6.07) is 0. The molecule has 0 spiro atoms. The van der Waals surface area contributed by atoms with Crippen molar-refractivity contribution in [1.82, 2.24) is 29.5 Å². The Morgan fingerprint density at radius 3 is 2.37 bits per heavy atom. The fourth-order valence-electron chi connectivity index (χ4n) is 4.53. The molecule has 1 aliphatic carbocycles. The Morgan fingerprint density at radius 2 is 1.63 bits per heavy atom. The maximum absolute atomic E-state index is 5.07. The molecule has 1 saturated heterocycles. The molecule has 8 heteroatoms. The number of fused-ring (bicyclic) bond motifs is 2. The lowest BCUT2D eigenvalue weighted by atomic mass is 9.95. The normalized spacial score (nSPS) is 17.1. The minimum Gasteiger partial charge on any atom is -0.353 e. The van der Waals surface area contributed by atoms with Gasteiger partial charge in [0.25, 0.3) is 5.78 Å². The van der Waals surface area contributed by atoms with E-state index in [0.717, 1.165) is 62.2 Å². The fraction of sp³-hybridized carbons (Fsp3) is 0.591. The fourth-order valence-corrected chi connectivity index (χ4v) is 4.53. The summed E-state index contributed by atoms with van der Waals surface area (Å²) in [6.45, 7) is 14.5. The first kappa shape index (κ1) is 19.2. The van der Waals surface area contributed by atoms with E-state index in [0.29, 0.717) is 5.78 Å². The summed E-state index contributed by atoms with van der Waals surface area (Å²) in [5.74, 6) is 3.90. The quantitative estimate of drug-likeness (QED) is 0.648. The van der Waals surface area contributed by atoms with E-state index >= 15 is 0 Å². The van der Waals surface area contributed by atoms with Crippen LogP contribution in [0.25, 0.3) is 5.78 Å². The highest BCUT2D eigenvalue weighted by Gasteiger charge is 2.29. The molecule has 1 fully saturated rings. The molecule has 1 aliphatic heterocycles. The topological polar surface area (TPSA) is 75.3 Å². The van der Waals surface area contributed by atoms with Gasteiger partial charge in [-0.05, 0) is 33.1 Å². The summed E-state index contributed by atoms with van der Waals surface area (Å²) in [5, 5.41) is 4.43. The number of rotatable bonds is 2. The lowest BCUT2D eigenvalue weighted by Crippen LogP contribution is -2.48. The van der Waals surface area contributed by atoms with Gasteiger partial charge in [-0.3, -0.25) is 0 Å². The molecule has 0 N–H and O–H groups in total. The van der Waals surface area contributed by atoms with Crippen molar-refractivity contribution in [3.63, 3.8) is 0 Å². The van der Waals surface area contributed by atoms with E-state index in [9.17, 15) is 0 Å². The van der Waals surface area contributed by atoms with E-state index in [1.165, 1.54) is 23.2 Å². The first-order chi connectivity index (χ1) is 14.3. The average Bonchev–Trinajstić information content (AvgIpc) is 3.36. The van der Waals surface area contributed by atoms with Crippen LogP contribution in [0, 0.1) is 13.8 Å². The summed E-state index contributed by atoms with van der Waals surface area (Å²) in [7, 11) is 0. The van der Waals surface area contributed by atoms with Gasteiger partial charge in [-0.1, -0.05) is 20.8 Å². The molecule has 8 nitrogen and oxygen atoms in total. The second-order valence-corrected chi connectivity index (χ2v) is 9.49. The standard InChI is InChI=1S/C22H30N8/c1-14-15(2)25-21-23-13-24-30(21)19(14)29-11-9-28(10-12-29)18-16-7-6-8-17(16)26-20(27-18)22(3,4)5/h13H,6-12H2,1-5H3. The highest BCUT2D eigenvalue weighted by atomic mass is 15.4. The molecule has 2 aliphatic rings. The summed E-state index contributed by atoms with van der Waals surface area (Å²) in [6.07, 6.45) is 4.94. The molecule has 4 heterocycles. The molecule has 0 saturated carbocycles. The molecule has 0 atom stereocenters. The van der Waals surface area contributed by atoms with Gasteiger partial charge in [0.1, 0.15) is 23.8 Å². The van der Waals surface area contributed by atoms with Crippen molar-refractivity contribution in [2.45, 2.75) is 59.3 Å². The summed E-state index contributed by atoms with van der Waals surface area (Å²) >= 11 is 0. The van der Waals surface area contributed by atoms with Crippen LogP contribution in [-0.4, -0.2) is 55.7 Å². The summed E-state index contributed by atoms with van der Waals surface area (Å²) in [5.41, 5.74) is 4.76. The molecule has 3 aromatic heterocycles. The largest absolute Gasteiger partial charge is 0.353 e. The highest BCUT2D eigenvalue weighted by Crippen LogP contribution is 2.33. The third-order valence-electron chi connectivity index (χ3n) is 6.34. The summed E-state index contributed by atoms with van der Waals surface area (Å²) in [4.78, 5) is 23.7. The Labute approximate surface area is 177 Å². The summed E-state index contributed by atoms with van der Waals surface area (Å²) < 4.78 is 1.87. The molecule has 5 rings (SSSR count). The third-order valence-corrected chi connectivity index (χ3v) is 6.34. The molecule has 0 radical (unpaired) electrons. The molecule has 0 bridgehead atoms. The Kier molecular flexibility index (Phi) is 4.41. The lowest BCUT2D eigenvalue weighted by Gasteiger charge is -2.38. The van der Waals surface area contributed by atoms with Gasteiger partial charge >= 0.3 is 0 Å². The molecule has 0 amide bonds. The van der Waals surface area contributed by atoms with E-state index in [2.05, 4.69) is 52.6 Å². The molecule has 30 heavy (non-hydrogen) atoms.